The average molecular weight is 421 g/mol. The SMILES string of the molecule is CCc1ccccc1OCc1nnc(SCc2cc(=O)c3cc(C)ccc3[nH]2)n1C. The molecule has 0 fully saturated rings. The second-order valence-electron chi connectivity index (χ2n) is 7.20. The van der Waals surface area contributed by atoms with Gasteiger partial charge in [0.1, 0.15) is 12.4 Å². The Labute approximate surface area is 179 Å². The molecule has 4 aromatic rings. The molecule has 30 heavy (non-hydrogen) atoms. The summed E-state index contributed by atoms with van der Waals surface area (Å²) in [6.07, 6.45) is 0.916. The lowest BCUT2D eigenvalue weighted by molar-refractivity contribution is 0.287. The zero-order valence-electron chi connectivity index (χ0n) is 17.3. The highest BCUT2D eigenvalue weighted by atomic mass is 32.2. The van der Waals surface area contributed by atoms with Crippen LogP contribution in [0.25, 0.3) is 10.9 Å². The summed E-state index contributed by atoms with van der Waals surface area (Å²) >= 11 is 1.53. The highest BCUT2D eigenvalue weighted by Crippen LogP contribution is 2.23. The number of aromatic nitrogens is 4. The molecule has 0 unspecified atom stereocenters. The summed E-state index contributed by atoms with van der Waals surface area (Å²) < 4.78 is 7.90. The van der Waals surface area contributed by atoms with Crippen molar-refractivity contribution in [2.75, 3.05) is 0 Å². The van der Waals surface area contributed by atoms with Gasteiger partial charge in [-0.25, -0.2) is 0 Å². The van der Waals surface area contributed by atoms with Gasteiger partial charge >= 0.3 is 0 Å². The first kappa shape index (κ1) is 20.2. The lowest BCUT2D eigenvalue weighted by Crippen LogP contribution is -2.06. The fourth-order valence-electron chi connectivity index (χ4n) is 3.31. The average Bonchev–Trinajstić information content (AvgIpc) is 3.11. The highest BCUT2D eigenvalue weighted by Gasteiger charge is 2.12. The molecule has 2 aromatic carbocycles. The molecule has 0 aliphatic carbocycles. The van der Waals surface area contributed by atoms with Crippen molar-refractivity contribution in [3.63, 3.8) is 0 Å². The van der Waals surface area contributed by atoms with Crippen LogP contribution in [-0.4, -0.2) is 19.7 Å². The molecule has 1 N–H and O–H groups in total. The first-order valence-electron chi connectivity index (χ1n) is 9.89. The van der Waals surface area contributed by atoms with E-state index in [0.29, 0.717) is 17.7 Å². The number of pyridine rings is 1. The Balaban J connectivity index is 1.45. The van der Waals surface area contributed by atoms with Gasteiger partial charge in [-0.15, -0.1) is 10.2 Å². The summed E-state index contributed by atoms with van der Waals surface area (Å²) in [4.78, 5) is 15.8. The molecule has 0 saturated carbocycles. The van der Waals surface area contributed by atoms with Crippen molar-refractivity contribution in [2.45, 2.75) is 37.8 Å². The third-order valence-corrected chi connectivity index (χ3v) is 6.10. The molecule has 0 saturated heterocycles. The monoisotopic (exact) mass is 420 g/mol. The Morgan fingerprint density at radius 2 is 1.97 bits per heavy atom. The van der Waals surface area contributed by atoms with Gasteiger partial charge in [0.2, 0.25) is 0 Å². The van der Waals surface area contributed by atoms with Gasteiger partial charge in [0.25, 0.3) is 0 Å². The maximum atomic E-state index is 12.4. The quantitative estimate of drug-likeness (QED) is 0.449. The predicted molar refractivity (Wildman–Crippen MR) is 120 cm³/mol. The Morgan fingerprint density at radius 1 is 1.13 bits per heavy atom. The van der Waals surface area contributed by atoms with E-state index in [1.165, 1.54) is 17.3 Å². The van der Waals surface area contributed by atoms with Crippen molar-refractivity contribution in [3.05, 3.63) is 81.4 Å². The number of rotatable bonds is 7. The number of aryl methyl sites for hydroxylation is 2. The molecule has 2 aromatic heterocycles. The molecule has 6 nitrogen and oxygen atoms in total. The molecule has 0 atom stereocenters. The molecule has 7 heteroatoms. The van der Waals surface area contributed by atoms with E-state index >= 15 is 0 Å². The molecular formula is C23H24N4O2S. The van der Waals surface area contributed by atoms with Crippen LogP contribution in [0.5, 0.6) is 5.75 Å². The molecule has 2 heterocycles. The van der Waals surface area contributed by atoms with Gasteiger partial charge in [-0.1, -0.05) is 48.5 Å². The Bertz CT molecular complexity index is 1250. The lowest BCUT2D eigenvalue weighted by Gasteiger charge is -2.10. The number of thioether (sulfide) groups is 1. The van der Waals surface area contributed by atoms with Crippen LogP contribution in [0, 0.1) is 6.92 Å². The number of hydrogen-bond acceptors (Lipinski definition) is 5. The summed E-state index contributed by atoms with van der Waals surface area (Å²) in [5.74, 6) is 2.23. The van der Waals surface area contributed by atoms with Crippen molar-refractivity contribution in [3.8, 4) is 5.75 Å². The Kier molecular flexibility index (Phi) is 5.90. The number of para-hydroxylation sites is 1. The minimum atomic E-state index is 0.0321. The van der Waals surface area contributed by atoms with Crippen LogP contribution < -0.4 is 10.2 Å². The molecule has 0 radical (unpaired) electrons. The second kappa shape index (κ2) is 8.75. The van der Waals surface area contributed by atoms with Crippen molar-refractivity contribution in [1.82, 2.24) is 19.7 Å². The van der Waals surface area contributed by atoms with E-state index < -0.39 is 0 Å². The van der Waals surface area contributed by atoms with Crippen molar-refractivity contribution in [1.29, 1.82) is 0 Å². The fourth-order valence-corrected chi connectivity index (χ4v) is 4.15. The van der Waals surface area contributed by atoms with Crippen LogP contribution in [0.3, 0.4) is 0 Å². The second-order valence-corrected chi connectivity index (χ2v) is 8.15. The smallest absolute Gasteiger partial charge is 0.191 e. The van der Waals surface area contributed by atoms with Gasteiger partial charge in [-0.05, 0) is 37.1 Å². The minimum Gasteiger partial charge on any atom is -0.485 e. The molecule has 0 spiro atoms. The van der Waals surface area contributed by atoms with E-state index in [4.69, 9.17) is 4.74 Å². The molecule has 4 rings (SSSR count). The zero-order valence-corrected chi connectivity index (χ0v) is 18.1. The van der Waals surface area contributed by atoms with Crippen LogP contribution in [-0.2, 0) is 25.8 Å². The van der Waals surface area contributed by atoms with Gasteiger partial charge in [-0.2, -0.15) is 0 Å². The summed E-state index contributed by atoms with van der Waals surface area (Å²) in [5.41, 5.74) is 3.99. The van der Waals surface area contributed by atoms with Crippen LogP contribution in [0.15, 0.2) is 58.5 Å². The van der Waals surface area contributed by atoms with Crippen LogP contribution in [0.2, 0.25) is 0 Å². The number of fused-ring (bicyclic) bond motifs is 1. The maximum absolute atomic E-state index is 12.4. The van der Waals surface area contributed by atoms with Gasteiger partial charge in [0, 0.05) is 35.5 Å². The van der Waals surface area contributed by atoms with Crippen molar-refractivity contribution >= 4 is 22.7 Å². The van der Waals surface area contributed by atoms with Crippen LogP contribution in [0.1, 0.15) is 29.6 Å². The molecule has 0 amide bonds. The van der Waals surface area contributed by atoms with Crippen molar-refractivity contribution in [2.24, 2.45) is 7.05 Å². The molecule has 0 bridgehead atoms. The molecular weight excluding hydrogens is 396 g/mol. The number of hydrogen-bond donors (Lipinski definition) is 1. The summed E-state index contributed by atoms with van der Waals surface area (Å²) in [6, 6.07) is 15.6. The first-order valence-corrected chi connectivity index (χ1v) is 10.9. The van der Waals surface area contributed by atoms with Crippen LogP contribution in [0.4, 0.5) is 0 Å². The van der Waals surface area contributed by atoms with E-state index in [1.54, 1.807) is 6.07 Å². The maximum Gasteiger partial charge on any atom is 0.191 e. The third kappa shape index (κ3) is 4.26. The fraction of sp³-hybridized carbons (Fsp3) is 0.261. The molecule has 0 aliphatic heterocycles. The number of H-pyrrole nitrogens is 1. The number of nitrogens with zero attached hydrogens (tertiary/aromatic N) is 3. The number of aromatic amines is 1. The Hall–Kier alpha value is -3.06. The van der Waals surface area contributed by atoms with Gasteiger partial charge in [0.05, 0.1) is 0 Å². The number of ether oxygens (including phenoxy) is 1. The topological polar surface area (TPSA) is 72.8 Å². The summed E-state index contributed by atoms with van der Waals surface area (Å²) in [5, 5.41) is 10.1. The summed E-state index contributed by atoms with van der Waals surface area (Å²) in [7, 11) is 1.93. The number of benzene rings is 2. The number of nitrogens with one attached hydrogen (secondary N) is 1. The van der Waals surface area contributed by atoms with Crippen LogP contribution >= 0.6 is 11.8 Å². The van der Waals surface area contributed by atoms with E-state index in [1.807, 2.05) is 54.9 Å². The largest absolute Gasteiger partial charge is 0.485 e. The standard InChI is InChI=1S/C23H24N4O2S/c1-4-16-7-5-6-8-21(16)29-13-22-25-26-23(27(22)3)30-14-17-12-20(28)18-11-15(2)9-10-19(18)24-17/h5-12H,4,13-14H2,1-3H3,(H,24,28). The van der Waals surface area contributed by atoms with Gasteiger partial charge in [-0.3, -0.25) is 4.79 Å². The normalized spacial score (nSPS) is 11.2. The summed E-state index contributed by atoms with van der Waals surface area (Å²) in [6.45, 7) is 4.45. The van der Waals surface area contributed by atoms with Gasteiger partial charge in [0.15, 0.2) is 16.4 Å². The van der Waals surface area contributed by atoms with E-state index in [-0.39, 0.29) is 5.43 Å². The van der Waals surface area contributed by atoms with Gasteiger partial charge < -0.3 is 14.3 Å². The predicted octanol–water partition coefficient (Wildman–Crippen LogP) is 4.40. The highest BCUT2D eigenvalue weighted by molar-refractivity contribution is 7.98. The Morgan fingerprint density at radius 3 is 2.80 bits per heavy atom. The van der Waals surface area contributed by atoms with E-state index in [9.17, 15) is 4.79 Å². The third-order valence-electron chi connectivity index (χ3n) is 5.03. The lowest BCUT2D eigenvalue weighted by atomic mass is 10.1. The van der Waals surface area contributed by atoms with Crippen molar-refractivity contribution < 1.29 is 4.74 Å². The molecule has 0 aliphatic rings. The van der Waals surface area contributed by atoms with E-state index in [2.05, 4.69) is 28.2 Å². The minimum absolute atomic E-state index is 0.0321. The van der Waals surface area contributed by atoms with E-state index in [0.717, 1.165) is 39.9 Å². The first-order chi connectivity index (χ1) is 14.5. The molecule has 154 valence electrons. The zero-order chi connectivity index (χ0) is 21.1.